The van der Waals surface area contributed by atoms with Crippen LogP contribution < -0.4 is 5.32 Å². The maximum absolute atomic E-state index is 12.2. The van der Waals surface area contributed by atoms with Gasteiger partial charge in [-0.15, -0.1) is 0 Å². The van der Waals surface area contributed by atoms with Crippen molar-refractivity contribution in [1.29, 1.82) is 0 Å². The highest BCUT2D eigenvalue weighted by Crippen LogP contribution is 2.40. The Morgan fingerprint density at radius 1 is 1.28 bits per heavy atom. The van der Waals surface area contributed by atoms with Gasteiger partial charge in [0.2, 0.25) is 5.91 Å². The second-order valence-corrected chi connectivity index (χ2v) is 5.67. The number of benzene rings is 1. The van der Waals surface area contributed by atoms with Gasteiger partial charge in [-0.3, -0.25) is 10.1 Å². The van der Waals surface area contributed by atoms with Crippen molar-refractivity contribution in [2.24, 2.45) is 11.8 Å². The van der Waals surface area contributed by atoms with Crippen molar-refractivity contribution in [2.45, 2.75) is 32.5 Å². The number of rotatable bonds is 3. The van der Waals surface area contributed by atoms with Crippen molar-refractivity contribution in [1.82, 2.24) is 10.2 Å². The topological polar surface area (TPSA) is 32.3 Å². The maximum atomic E-state index is 12.2. The van der Waals surface area contributed by atoms with Crippen LogP contribution in [0.4, 0.5) is 0 Å². The molecule has 1 aromatic carbocycles. The van der Waals surface area contributed by atoms with Gasteiger partial charge < -0.3 is 4.90 Å². The summed E-state index contributed by atoms with van der Waals surface area (Å²) in [5, 5.41) is 3.39. The first-order valence-corrected chi connectivity index (χ1v) is 6.78. The van der Waals surface area contributed by atoms with Crippen LogP contribution >= 0.6 is 0 Å². The van der Waals surface area contributed by atoms with Crippen molar-refractivity contribution >= 4 is 5.91 Å². The summed E-state index contributed by atoms with van der Waals surface area (Å²) >= 11 is 0. The standard InChI is InChI=1S/C15H20N2O/c1-10-8-13(10)9-17-14(16-11(2)15(17)18)12-6-4-3-5-7-12/h3-7,10-11,13-14,16H,8-9H2,1-2H3. The molecule has 1 aliphatic carbocycles. The molecule has 96 valence electrons. The first-order valence-electron chi connectivity index (χ1n) is 6.78. The summed E-state index contributed by atoms with van der Waals surface area (Å²) in [6, 6.07) is 10.2. The molecule has 3 heteroatoms. The zero-order valence-corrected chi connectivity index (χ0v) is 11.0. The Hall–Kier alpha value is -1.35. The van der Waals surface area contributed by atoms with Gasteiger partial charge in [0.25, 0.3) is 0 Å². The molecule has 1 amide bonds. The molecule has 1 aromatic rings. The average Bonchev–Trinajstić information content (AvgIpc) is 3.01. The molecule has 1 saturated heterocycles. The van der Waals surface area contributed by atoms with Gasteiger partial charge in [-0.25, -0.2) is 0 Å². The lowest BCUT2D eigenvalue weighted by atomic mass is 10.1. The van der Waals surface area contributed by atoms with Crippen molar-refractivity contribution in [3.8, 4) is 0 Å². The number of hydrogen-bond donors (Lipinski definition) is 1. The lowest BCUT2D eigenvalue weighted by Crippen LogP contribution is -2.32. The van der Waals surface area contributed by atoms with E-state index in [1.165, 1.54) is 12.0 Å². The van der Waals surface area contributed by atoms with Crippen LogP contribution in [-0.4, -0.2) is 23.4 Å². The van der Waals surface area contributed by atoms with Gasteiger partial charge in [0.05, 0.1) is 6.04 Å². The highest BCUT2D eigenvalue weighted by atomic mass is 16.2. The number of carbonyl (C=O) groups is 1. The Balaban J connectivity index is 1.81. The third-order valence-electron chi connectivity index (χ3n) is 4.20. The van der Waals surface area contributed by atoms with Gasteiger partial charge in [0.1, 0.15) is 6.17 Å². The van der Waals surface area contributed by atoms with E-state index in [1.807, 2.05) is 30.0 Å². The third-order valence-corrected chi connectivity index (χ3v) is 4.20. The SMILES string of the molecule is CC1NC(c2ccccc2)N(CC2CC2C)C1=O. The van der Waals surface area contributed by atoms with Crippen LogP contribution in [0, 0.1) is 11.8 Å². The summed E-state index contributed by atoms with van der Waals surface area (Å²) in [6.45, 7) is 5.12. The fourth-order valence-corrected chi connectivity index (χ4v) is 2.79. The quantitative estimate of drug-likeness (QED) is 0.883. The molecule has 0 spiro atoms. The maximum Gasteiger partial charge on any atom is 0.241 e. The normalized spacial score (nSPS) is 35.0. The van der Waals surface area contributed by atoms with Crippen LogP contribution in [0.2, 0.25) is 0 Å². The number of carbonyl (C=O) groups excluding carboxylic acids is 1. The van der Waals surface area contributed by atoms with Gasteiger partial charge >= 0.3 is 0 Å². The molecule has 18 heavy (non-hydrogen) atoms. The number of nitrogens with one attached hydrogen (secondary N) is 1. The smallest absolute Gasteiger partial charge is 0.241 e. The van der Waals surface area contributed by atoms with E-state index in [9.17, 15) is 4.79 Å². The van der Waals surface area contributed by atoms with Crippen molar-refractivity contribution < 1.29 is 4.79 Å². The average molecular weight is 244 g/mol. The minimum Gasteiger partial charge on any atom is -0.321 e. The van der Waals surface area contributed by atoms with Crippen LogP contribution in [-0.2, 0) is 4.79 Å². The summed E-state index contributed by atoms with van der Waals surface area (Å²) < 4.78 is 0. The fourth-order valence-electron chi connectivity index (χ4n) is 2.79. The van der Waals surface area contributed by atoms with Crippen LogP contribution in [0.25, 0.3) is 0 Å². The lowest BCUT2D eigenvalue weighted by molar-refractivity contribution is -0.130. The third kappa shape index (κ3) is 2.03. The Bertz CT molecular complexity index is 445. The first-order chi connectivity index (χ1) is 8.66. The molecule has 0 aromatic heterocycles. The summed E-state index contributed by atoms with van der Waals surface area (Å²) in [5.74, 6) is 1.72. The van der Waals surface area contributed by atoms with Crippen molar-refractivity contribution in [3.05, 3.63) is 35.9 Å². The molecule has 1 N–H and O–H groups in total. The lowest BCUT2D eigenvalue weighted by Gasteiger charge is -2.24. The second kappa shape index (κ2) is 4.39. The number of nitrogens with zero attached hydrogens (tertiary/aromatic N) is 1. The summed E-state index contributed by atoms with van der Waals surface area (Å²) in [6.07, 6.45) is 1.32. The molecule has 3 nitrogen and oxygen atoms in total. The molecule has 1 aliphatic heterocycles. The van der Waals surface area contributed by atoms with Gasteiger partial charge in [-0.2, -0.15) is 0 Å². The van der Waals surface area contributed by atoms with Crippen LogP contribution in [0.15, 0.2) is 30.3 Å². The zero-order valence-electron chi connectivity index (χ0n) is 11.0. The van der Waals surface area contributed by atoms with E-state index in [0.29, 0.717) is 5.92 Å². The molecule has 1 heterocycles. The largest absolute Gasteiger partial charge is 0.321 e. The molecule has 4 atom stereocenters. The minimum absolute atomic E-state index is 0.0569. The molecule has 1 saturated carbocycles. The van der Waals surface area contributed by atoms with E-state index < -0.39 is 0 Å². The van der Waals surface area contributed by atoms with Gasteiger partial charge in [0, 0.05) is 6.54 Å². The fraction of sp³-hybridized carbons (Fsp3) is 0.533. The molecule has 2 aliphatic rings. The number of amides is 1. The molecule has 0 bridgehead atoms. The summed E-state index contributed by atoms with van der Waals surface area (Å²) in [7, 11) is 0. The zero-order chi connectivity index (χ0) is 12.7. The Labute approximate surface area is 108 Å². The summed E-state index contributed by atoms with van der Waals surface area (Å²) in [5.41, 5.74) is 1.18. The van der Waals surface area contributed by atoms with E-state index in [2.05, 4.69) is 24.4 Å². The highest BCUT2D eigenvalue weighted by Gasteiger charge is 2.42. The molecule has 0 radical (unpaired) electrons. The van der Waals surface area contributed by atoms with E-state index in [0.717, 1.165) is 12.5 Å². The van der Waals surface area contributed by atoms with E-state index in [1.54, 1.807) is 0 Å². The Morgan fingerprint density at radius 2 is 1.94 bits per heavy atom. The van der Waals surface area contributed by atoms with Crippen LogP contribution in [0.1, 0.15) is 32.0 Å². The van der Waals surface area contributed by atoms with Crippen LogP contribution in [0.3, 0.4) is 0 Å². The van der Waals surface area contributed by atoms with E-state index in [-0.39, 0.29) is 18.1 Å². The van der Waals surface area contributed by atoms with Crippen molar-refractivity contribution in [2.75, 3.05) is 6.54 Å². The predicted molar refractivity (Wildman–Crippen MR) is 70.8 cm³/mol. The molecular formula is C15H20N2O. The molecular weight excluding hydrogens is 224 g/mol. The van der Waals surface area contributed by atoms with Gasteiger partial charge in [0.15, 0.2) is 0 Å². The Morgan fingerprint density at radius 3 is 2.56 bits per heavy atom. The molecule has 2 fully saturated rings. The first kappa shape index (κ1) is 11.7. The van der Waals surface area contributed by atoms with Crippen molar-refractivity contribution in [3.63, 3.8) is 0 Å². The van der Waals surface area contributed by atoms with Gasteiger partial charge in [-0.1, -0.05) is 37.3 Å². The summed E-state index contributed by atoms with van der Waals surface area (Å²) in [4.78, 5) is 14.2. The molecule has 4 unspecified atom stereocenters. The highest BCUT2D eigenvalue weighted by molar-refractivity contribution is 5.84. The second-order valence-electron chi connectivity index (χ2n) is 5.67. The monoisotopic (exact) mass is 244 g/mol. The van der Waals surface area contributed by atoms with Crippen LogP contribution in [0.5, 0.6) is 0 Å². The van der Waals surface area contributed by atoms with Gasteiger partial charge in [-0.05, 0) is 30.7 Å². The number of hydrogen-bond acceptors (Lipinski definition) is 2. The van der Waals surface area contributed by atoms with E-state index in [4.69, 9.17) is 0 Å². The Kier molecular flexibility index (Phi) is 2.86. The minimum atomic E-state index is -0.0655. The predicted octanol–water partition coefficient (Wildman–Crippen LogP) is 2.16. The molecule has 3 rings (SSSR count). The van der Waals surface area contributed by atoms with E-state index >= 15 is 0 Å².